The number of carbonyl (C=O) groups excluding carboxylic acids is 1. The number of carbonyl (C=O) groups is 1. The van der Waals surface area contributed by atoms with Gasteiger partial charge in [0.05, 0.1) is 12.0 Å². The molecule has 1 aliphatic rings. The summed E-state index contributed by atoms with van der Waals surface area (Å²) in [7, 11) is 1.85. The fourth-order valence-corrected chi connectivity index (χ4v) is 3.88. The summed E-state index contributed by atoms with van der Waals surface area (Å²) in [4.78, 5) is 20.6. The van der Waals surface area contributed by atoms with Crippen LogP contribution < -0.4 is 0 Å². The van der Waals surface area contributed by atoms with Crippen molar-refractivity contribution in [3.63, 3.8) is 0 Å². The van der Waals surface area contributed by atoms with Gasteiger partial charge in [-0.05, 0) is 61.5 Å². The lowest BCUT2D eigenvalue weighted by Gasteiger charge is -2.34. The van der Waals surface area contributed by atoms with Crippen molar-refractivity contribution < 1.29 is 18.0 Å². The first kappa shape index (κ1) is 22.3. The van der Waals surface area contributed by atoms with Gasteiger partial charge in [-0.25, -0.2) is 0 Å². The van der Waals surface area contributed by atoms with Gasteiger partial charge in [0.2, 0.25) is 5.91 Å². The average Bonchev–Trinajstić information content (AvgIpc) is 2.73. The first-order chi connectivity index (χ1) is 14.3. The Labute approximate surface area is 175 Å². The number of aromatic nitrogens is 1. The van der Waals surface area contributed by atoms with Crippen LogP contribution in [-0.4, -0.2) is 53.9 Å². The van der Waals surface area contributed by atoms with Gasteiger partial charge >= 0.3 is 6.18 Å². The number of piperidine rings is 1. The minimum Gasteiger partial charge on any atom is -0.345 e. The molecule has 1 saturated heterocycles. The van der Waals surface area contributed by atoms with Crippen LogP contribution in [0.1, 0.15) is 29.5 Å². The van der Waals surface area contributed by atoms with E-state index in [1.807, 2.05) is 19.2 Å². The van der Waals surface area contributed by atoms with E-state index in [0.717, 1.165) is 50.7 Å². The lowest BCUT2D eigenvalue weighted by molar-refractivity contribution is -0.137. The normalized spacial score (nSPS) is 15.9. The zero-order valence-electron chi connectivity index (χ0n) is 17.2. The molecule has 0 bridgehead atoms. The van der Waals surface area contributed by atoms with Crippen LogP contribution >= 0.6 is 0 Å². The van der Waals surface area contributed by atoms with Gasteiger partial charge in [0.1, 0.15) is 0 Å². The molecular formula is C23H28F3N3O. The van der Waals surface area contributed by atoms with Crippen LogP contribution in [-0.2, 0) is 23.8 Å². The minimum atomic E-state index is -4.30. The maximum Gasteiger partial charge on any atom is 0.416 e. The third-order valence-electron chi connectivity index (χ3n) is 5.71. The van der Waals surface area contributed by atoms with Crippen LogP contribution in [0.5, 0.6) is 0 Å². The molecule has 0 unspecified atom stereocenters. The Morgan fingerprint density at radius 2 is 1.90 bits per heavy atom. The molecule has 2 aromatic rings. The highest BCUT2D eigenvalue weighted by atomic mass is 19.4. The topological polar surface area (TPSA) is 36.4 Å². The molecule has 1 fully saturated rings. The van der Waals surface area contributed by atoms with Gasteiger partial charge in [-0.15, -0.1) is 0 Å². The van der Waals surface area contributed by atoms with Crippen LogP contribution in [0.25, 0.3) is 0 Å². The second kappa shape index (κ2) is 10.1. The van der Waals surface area contributed by atoms with Gasteiger partial charge in [0, 0.05) is 32.5 Å². The third kappa shape index (κ3) is 6.55. The predicted octanol–water partition coefficient (Wildman–Crippen LogP) is 4.06. The number of rotatable bonds is 7. The lowest BCUT2D eigenvalue weighted by Crippen LogP contribution is -2.40. The summed E-state index contributed by atoms with van der Waals surface area (Å²) in [5.41, 5.74) is 1.05. The van der Waals surface area contributed by atoms with E-state index in [-0.39, 0.29) is 5.91 Å². The summed E-state index contributed by atoms with van der Waals surface area (Å²) in [5, 5.41) is 0. The van der Waals surface area contributed by atoms with E-state index in [9.17, 15) is 18.0 Å². The summed E-state index contributed by atoms with van der Waals surface area (Å²) in [6, 6.07) is 9.32. The molecular weight excluding hydrogens is 391 g/mol. The summed E-state index contributed by atoms with van der Waals surface area (Å²) < 4.78 is 38.5. The molecule has 0 saturated carbocycles. The molecule has 1 amide bonds. The van der Waals surface area contributed by atoms with Gasteiger partial charge in [0.25, 0.3) is 0 Å². The molecule has 162 valence electrons. The number of likely N-dealkylation sites (N-methyl/N-ethyl adjacent to an activating group) is 1. The molecule has 0 atom stereocenters. The Bertz CT molecular complexity index is 818. The second-order valence-electron chi connectivity index (χ2n) is 8.05. The summed E-state index contributed by atoms with van der Waals surface area (Å²) in [6.07, 6.45) is 2.07. The summed E-state index contributed by atoms with van der Waals surface area (Å²) >= 11 is 0. The summed E-state index contributed by atoms with van der Waals surface area (Å²) in [6.45, 7) is 3.31. The molecule has 0 radical (unpaired) electrons. The molecule has 1 aliphatic heterocycles. The van der Waals surface area contributed by atoms with Crippen molar-refractivity contribution >= 4 is 5.91 Å². The molecule has 0 N–H and O–H groups in total. The minimum absolute atomic E-state index is 0.0926. The Morgan fingerprint density at radius 1 is 1.17 bits per heavy atom. The van der Waals surface area contributed by atoms with Crippen LogP contribution in [0, 0.1) is 5.92 Å². The molecule has 30 heavy (non-hydrogen) atoms. The number of likely N-dealkylation sites (tertiary alicyclic amines) is 1. The molecule has 4 nitrogen and oxygen atoms in total. The molecule has 1 aromatic carbocycles. The Kier molecular flexibility index (Phi) is 7.48. The van der Waals surface area contributed by atoms with Crippen molar-refractivity contribution in [1.29, 1.82) is 0 Å². The van der Waals surface area contributed by atoms with Gasteiger partial charge in [-0.2, -0.15) is 13.2 Å². The van der Waals surface area contributed by atoms with Crippen LogP contribution in [0.4, 0.5) is 13.2 Å². The zero-order chi connectivity index (χ0) is 21.6. The van der Waals surface area contributed by atoms with Gasteiger partial charge < -0.3 is 9.80 Å². The van der Waals surface area contributed by atoms with E-state index in [4.69, 9.17) is 0 Å². The predicted molar refractivity (Wildman–Crippen MR) is 110 cm³/mol. The molecule has 2 heterocycles. The smallest absolute Gasteiger partial charge is 0.345 e. The monoisotopic (exact) mass is 419 g/mol. The standard InChI is InChI=1S/C23H28F3N3O/c1-28(22(30)15-20-5-3-10-27-16-20)17-19-8-12-29(13-9-19)11-7-18-4-2-6-21(14-18)23(24,25)26/h2-6,10,14,16,19H,7-9,11-13,15,17H2,1H3. The highest BCUT2D eigenvalue weighted by Crippen LogP contribution is 2.29. The van der Waals surface area contributed by atoms with Crippen LogP contribution in [0.3, 0.4) is 0 Å². The lowest BCUT2D eigenvalue weighted by atomic mass is 9.95. The van der Waals surface area contributed by atoms with Gasteiger partial charge in [0.15, 0.2) is 0 Å². The fraction of sp³-hybridized carbons (Fsp3) is 0.478. The second-order valence-corrected chi connectivity index (χ2v) is 8.05. The molecule has 3 rings (SSSR count). The number of amides is 1. The van der Waals surface area contributed by atoms with Crippen molar-refractivity contribution in [3.8, 4) is 0 Å². The molecule has 0 spiro atoms. The number of halogens is 3. The number of nitrogens with zero attached hydrogens (tertiary/aromatic N) is 3. The summed E-state index contributed by atoms with van der Waals surface area (Å²) in [5.74, 6) is 0.549. The van der Waals surface area contributed by atoms with E-state index < -0.39 is 11.7 Å². The van der Waals surface area contributed by atoms with Crippen molar-refractivity contribution in [3.05, 3.63) is 65.5 Å². The maximum absolute atomic E-state index is 12.8. The number of pyridine rings is 1. The van der Waals surface area contributed by atoms with Crippen molar-refractivity contribution in [2.75, 3.05) is 33.2 Å². The number of benzene rings is 1. The first-order valence-electron chi connectivity index (χ1n) is 10.3. The highest BCUT2D eigenvalue weighted by molar-refractivity contribution is 5.78. The fourth-order valence-electron chi connectivity index (χ4n) is 3.88. The van der Waals surface area contributed by atoms with E-state index in [0.29, 0.717) is 24.3 Å². The number of hydrogen-bond donors (Lipinski definition) is 0. The Hall–Kier alpha value is -2.41. The van der Waals surface area contributed by atoms with Gasteiger partial charge in [-0.1, -0.05) is 24.3 Å². The third-order valence-corrected chi connectivity index (χ3v) is 5.71. The van der Waals surface area contributed by atoms with Crippen LogP contribution in [0.2, 0.25) is 0 Å². The van der Waals surface area contributed by atoms with E-state index in [1.54, 1.807) is 23.4 Å². The SMILES string of the molecule is CN(CC1CCN(CCc2cccc(C(F)(F)F)c2)CC1)C(=O)Cc1cccnc1. The largest absolute Gasteiger partial charge is 0.416 e. The van der Waals surface area contributed by atoms with Crippen LogP contribution in [0.15, 0.2) is 48.8 Å². The molecule has 0 aliphatic carbocycles. The van der Waals surface area contributed by atoms with Crippen molar-refractivity contribution in [1.82, 2.24) is 14.8 Å². The van der Waals surface area contributed by atoms with E-state index in [1.165, 1.54) is 12.1 Å². The number of alkyl halides is 3. The van der Waals surface area contributed by atoms with Crippen molar-refractivity contribution in [2.24, 2.45) is 5.92 Å². The zero-order valence-corrected chi connectivity index (χ0v) is 17.2. The molecule has 1 aromatic heterocycles. The maximum atomic E-state index is 12.8. The first-order valence-corrected chi connectivity index (χ1v) is 10.3. The number of hydrogen-bond acceptors (Lipinski definition) is 3. The average molecular weight is 419 g/mol. The van der Waals surface area contributed by atoms with E-state index >= 15 is 0 Å². The Morgan fingerprint density at radius 3 is 2.57 bits per heavy atom. The Balaban J connectivity index is 1.40. The highest BCUT2D eigenvalue weighted by Gasteiger charge is 2.30. The van der Waals surface area contributed by atoms with Crippen molar-refractivity contribution in [2.45, 2.75) is 31.9 Å². The quantitative estimate of drug-likeness (QED) is 0.679. The van der Waals surface area contributed by atoms with Gasteiger partial charge in [-0.3, -0.25) is 9.78 Å². The van der Waals surface area contributed by atoms with E-state index in [2.05, 4.69) is 9.88 Å². The molecule has 7 heteroatoms.